The summed E-state index contributed by atoms with van der Waals surface area (Å²) in [7, 11) is 0. The molecule has 1 aromatic carbocycles. The number of benzene rings is 1. The van der Waals surface area contributed by atoms with Gasteiger partial charge in [0.2, 0.25) is 0 Å². The first-order valence-corrected chi connectivity index (χ1v) is 6.61. The molecule has 0 spiro atoms. The van der Waals surface area contributed by atoms with Crippen molar-refractivity contribution < 1.29 is 9.53 Å². The summed E-state index contributed by atoms with van der Waals surface area (Å²) < 4.78 is 5.29. The van der Waals surface area contributed by atoms with Gasteiger partial charge in [-0.05, 0) is 25.8 Å². The Kier molecular flexibility index (Phi) is 6.20. The van der Waals surface area contributed by atoms with E-state index in [1.54, 1.807) is 0 Å². The van der Waals surface area contributed by atoms with Crippen LogP contribution in [0.4, 0.5) is 0 Å². The van der Waals surface area contributed by atoms with Crippen molar-refractivity contribution in [3.05, 3.63) is 42.0 Å². The summed E-state index contributed by atoms with van der Waals surface area (Å²) in [5.74, 6) is -0.229. The van der Waals surface area contributed by atoms with Gasteiger partial charge in [-0.3, -0.25) is 0 Å². The molecular formula is C16H22O2. The summed E-state index contributed by atoms with van der Waals surface area (Å²) >= 11 is 0. The van der Waals surface area contributed by atoms with Gasteiger partial charge in [-0.15, -0.1) is 0 Å². The van der Waals surface area contributed by atoms with Crippen LogP contribution in [-0.4, -0.2) is 12.1 Å². The Balaban J connectivity index is 2.88. The van der Waals surface area contributed by atoms with Crippen molar-refractivity contribution in [2.45, 2.75) is 46.1 Å². The van der Waals surface area contributed by atoms with Gasteiger partial charge in [0.25, 0.3) is 0 Å². The zero-order chi connectivity index (χ0) is 13.4. The van der Waals surface area contributed by atoms with Gasteiger partial charge in [0.1, 0.15) is 0 Å². The van der Waals surface area contributed by atoms with Crippen LogP contribution in [-0.2, 0) is 9.53 Å². The number of rotatable bonds is 6. The second kappa shape index (κ2) is 7.70. The lowest BCUT2D eigenvalue weighted by Gasteiger charge is -2.11. The molecule has 0 aliphatic carbocycles. The highest BCUT2D eigenvalue weighted by molar-refractivity contribution is 6.16. The van der Waals surface area contributed by atoms with Crippen LogP contribution < -0.4 is 0 Å². The third-order valence-electron chi connectivity index (χ3n) is 2.55. The minimum atomic E-state index is -0.229. The Hall–Kier alpha value is -1.57. The quantitative estimate of drug-likeness (QED) is 0.427. The molecule has 0 saturated heterocycles. The van der Waals surface area contributed by atoms with Crippen molar-refractivity contribution in [1.29, 1.82) is 0 Å². The fraction of sp³-hybridized carbons (Fsp3) is 0.438. The number of ether oxygens (including phenoxy) is 1. The van der Waals surface area contributed by atoms with Gasteiger partial charge in [0.15, 0.2) is 0 Å². The van der Waals surface area contributed by atoms with Gasteiger partial charge in [0, 0.05) is 0 Å². The molecule has 0 N–H and O–H groups in total. The van der Waals surface area contributed by atoms with Gasteiger partial charge >= 0.3 is 5.97 Å². The smallest absolute Gasteiger partial charge is 0.338 e. The van der Waals surface area contributed by atoms with Crippen LogP contribution in [0.2, 0.25) is 0 Å². The van der Waals surface area contributed by atoms with Crippen LogP contribution in [0.5, 0.6) is 0 Å². The minimum Gasteiger partial charge on any atom is -0.459 e. The van der Waals surface area contributed by atoms with E-state index >= 15 is 0 Å². The molecule has 2 nitrogen and oxygen atoms in total. The van der Waals surface area contributed by atoms with E-state index in [9.17, 15) is 4.79 Å². The Labute approximate surface area is 110 Å². The number of esters is 1. The number of carbonyl (C=O) groups is 1. The normalized spacial score (nSPS) is 11.7. The van der Waals surface area contributed by atoms with Gasteiger partial charge in [-0.2, -0.15) is 0 Å². The third-order valence-corrected chi connectivity index (χ3v) is 2.55. The average molecular weight is 246 g/mol. The molecule has 0 fully saturated rings. The van der Waals surface area contributed by atoms with E-state index in [1.807, 2.05) is 50.3 Å². The summed E-state index contributed by atoms with van der Waals surface area (Å²) in [6, 6.07) is 9.71. The SMILES string of the molecule is CCCC/C=C(/C(=O)OC(C)C)c1ccccc1. The number of hydrogen-bond donors (Lipinski definition) is 0. The molecule has 0 aromatic heterocycles. The predicted molar refractivity (Wildman–Crippen MR) is 75.2 cm³/mol. The minimum absolute atomic E-state index is 0.0872. The van der Waals surface area contributed by atoms with E-state index in [4.69, 9.17) is 4.74 Å². The number of carbonyl (C=O) groups excluding carboxylic acids is 1. The zero-order valence-corrected chi connectivity index (χ0v) is 11.5. The molecule has 1 rings (SSSR count). The highest BCUT2D eigenvalue weighted by atomic mass is 16.5. The maximum Gasteiger partial charge on any atom is 0.338 e. The molecule has 0 atom stereocenters. The van der Waals surface area contributed by atoms with Crippen LogP contribution in [0.3, 0.4) is 0 Å². The van der Waals surface area contributed by atoms with E-state index in [1.165, 1.54) is 0 Å². The summed E-state index contributed by atoms with van der Waals surface area (Å²) in [4.78, 5) is 12.1. The molecule has 18 heavy (non-hydrogen) atoms. The largest absolute Gasteiger partial charge is 0.459 e. The van der Waals surface area contributed by atoms with Gasteiger partial charge in [-0.25, -0.2) is 4.79 Å². The highest BCUT2D eigenvalue weighted by Gasteiger charge is 2.14. The molecule has 0 unspecified atom stereocenters. The fourth-order valence-corrected chi connectivity index (χ4v) is 1.66. The van der Waals surface area contributed by atoms with Crippen LogP contribution in [0.25, 0.3) is 5.57 Å². The number of allylic oxidation sites excluding steroid dienone is 1. The van der Waals surface area contributed by atoms with Crippen LogP contribution in [0, 0.1) is 0 Å². The maximum absolute atomic E-state index is 12.1. The molecule has 0 bridgehead atoms. The second-order valence-corrected chi connectivity index (χ2v) is 4.58. The summed E-state index contributed by atoms with van der Waals surface area (Å²) in [6.45, 7) is 5.88. The van der Waals surface area contributed by atoms with E-state index in [2.05, 4.69) is 6.92 Å². The first kappa shape index (κ1) is 14.5. The second-order valence-electron chi connectivity index (χ2n) is 4.58. The topological polar surface area (TPSA) is 26.3 Å². The van der Waals surface area contributed by atoms with Crippen molar-refractivity contribution in [2.24, 2.45) is 0 Å². The molecule has 98 valence electrons. The molecule has 0 saturated carbocycles. The first-order valence-electron chi connectivity index (χ1n) is 6.61. The predicted octanol–water partition coefficient (Wildman–Crippen LogP) is 4.21. The van der Waals surface area contributed by atoms with Crippen LogP contribution >= 0.6 is 0 Å². The monoisotopic (exact) mass is 246 g/mol. The van der Waals surface area contributed by atoms with Crippen LogP contribution in [0.1, 0.15) is 45.6 Å². The fourth-order valence-electron chi connectivity index (χ4n) is 1.66. The van der Waals surface area contributed by atoms with Crippen molar-refractivity contribution in [1.82, 2.24) is 0 Å². The maximum atomic E-state index is 12.1. The Morgan fingerprint density at radius 2 is 1.94 bits per heavy atom. The molecule has 0 radical (unpaired) electrons. The lowest BCUT2D eigenvalue weighted by Crippen LogP contribution is -2.13. The van der Waals surface area contributed by atoms with E-state index in [-0.39, 0.29) is 12.1 Å². The molecule has 0 heterocycles. The van der Waals surface area contributed by atoms with E-state index in [0.717, 1.165) is 24.8 Å². The molecule has 2 heteroatoms. The summed E-state index contributed by atoms with van der Waals surface area (Å²) in [6.07, 6.45) is 5.02. The number of hydrogen-bond acceptors (Lipinski definition) is 2. The summed E-state index contributed by atoms with van der Waals surface area (Å²) in [5, 5.41) is 0. The number of unbranched alkanes of at least 4 members (excludes halogenated alkanes) is 2. The third kappa shape index (κ3) is 4.74. The van der Waals surface area contributed by atoms with Gasteiger partial charge in [-0.1, -0.05) is 56.2 Å². The van der Waals surface area contributed by atoms with Crippen LogP contribution in [0.15, 0.2) is 36.4 Å². The Morgan fingerprint density at radius 3 is 2.50 bits per heavy atom. The molecule has 0 aliphatic rings. The van der Waals surface area contributed by atoms with E-state index < -0.39 is 0 Å². The highest BCUT2D eigenvalue weighted by Crippen LogP contribution is 2.18. The van der Waals surface area contributed by atoms with Crippen molar-refractivity contribution in [2.75, 3.05) is 0 Å². The van der Waals surface area contributed by atoms with Crippen molar-refractivity contribution >= 4 is 11.5 Å². The zero-order valence-electron chi connectivity index (χ0n) is 11.5. The molecule has 1 aromatic rings. The van der Waals surface area contributed by atoms with Gasteiger partial charge in [0.05, 0.1) is 11.7 Å². The first-order chi connectivity index (χ1) is 8.65. The standard InChI is InChI=1S/C16H22O2/c1-4-5-7-12-15(16(17)18-13(2)3)14-10-8-6-9-11-14/h6,8-13H,4-5,7H2,1-3H3/b15-12+. The molecule has 0 amide bonds. The molecular weight excluding hydrogens is 224 g/mol. The Morgan fingerprint density at radius 1 is 1.28 bits per heavy atom. The molecule has 0 aliphatic heterocycles. The van der Waals surface area contributed by atoms with E-state index in [0.29, 0.717) is 5.57 Å². The van der Waals surface area contributed by atoms with Crippen molar-refractivity contribution in [3.63, 3.8) is 0 Å². The lowest BCUT2D eigenvalue weighted by molar-refractivity contribution is -0.140. The average Bonchev–Trinajstić information content (AvgIpc) is 2.35. The van der Waals surface area contributed by atoms with Gasteiger partial charge < -0.3 is 4.74 Å². The Bertz CT molecular complexity index is 391. The summed E-state index contributed by atoms with van der Waals surface area (Å²) in [5.41, 5.74) is 1.61. The van der Waals surface area contributed by atoms with Crippen molar-refractivity contribution in [3.8, 4) is 0 Å². The lowest BCUT2D eigenvalue weighted by atomic mass is 10.0.